The number of aromatic nitrogens is 5. The number of hydrogen-bond donors (Lipinski definition) is 3. The molecule has 5 rings (SSSR count). The number of hydrogen-bond acceptors (Lipinski definition) is 8. The molecule has 0 radical (unpaired) electrons. The van der Waals surface area contributed by atoms with Crippen LogP contribution in [0.15, 0.2) is 36.4 Å². The highest BCUT2D eigenvalue weighted by molar-refractivity contribution is 5.53. The molecule has 3 N–H and O–H groups in total. The first kappa shape index (κ1) is 19.7. The van der Waals surface area contributed by atoms with Gasteiger partial charge in [-0.25, -0.2) is 0 Å². The highest BCUT2D eigenvalue weighted by Crippen LogP contribution is 2.39. The molecule has 2 aromatic heterocycles. The van der Waals surface area contributed by atoms with Crippen molar-refractivity contribution in [2.24, 2.45) is 0 Å². The third-order valence-electron chi connectivity index (χ3n) is 5.77. The van der Waals surface area contributed by atoms with Gasteiger partial charge in [-0.05, 0) is 38.4 Å². The summed E-state index contributed by atoms with van der Waals surface area (Å²) in [6.07, 6.45) is 3.55. The second kappa shape index (κ2) is 8.89. The van der Waals surface area contributed by atoms with E-state index in [0.29, 0.717) is 30.3 Å². The standard InChI is InChI=1S/C22H29N9/c1-30-10-5-11-31(13-12-30)22-26-20(23-15-16-6-3-2-4-7-16)25-21(27-22)24-19-14-18(28-29-19)17-8-9-17/h2-4,6-7,14,17H,5,8-13,15H2,1H3,(H3,23,24,25,26,27,28,29). The quantitative estimate of drug-likeness (QED) is 0.538. The number of nitrogens with one attached hydrogen (secondary N) is 3. The second-order valence-corrected chi connectivity index (χ2v) is 8.37. The molecule has 1 aromatic carbocycles. The van der Waals surface area contributed by atoms with E-state index < -0.39 is 0 Å². The highest BCUT2D eigenvalue weighted by Gasteiger charge is 2.25. The minimum atomic E-state index is 0.506. The van der Waals surface area contributed by atoms with Crippen LogP contribution in [0.1, 0.15) is 36.4 Å². The van der Waals surface area contributed by atoms with Crippen molar-refractivity contribution in [3.63, 3.8) is 0 Å². The molecule has 3 heterocycles. The summed E-state index contributed by atoms with van der Waals surface area (Å²) >= 11 is 0. The van der Waals surface area contributed by atoms with Crippen LogP contribution in [0.25, 0.3) is 0 Å². The zero-order valence-corrected chi connectivity index (χ0v) is 17.9. The van der Waals surface area contributed by atoms with Gasteiger partial charge in [-0.3, -0.25) is 5.10 Å². The van der Waals surface area contributed by atoms with Gasteiger partial charge in [-0.15, -0.1) is 0 Å². The largest absolute Gasteiger partial charge is 0.350 e. The van der Waals surface area contributed by atoms with Crippen LogP contribution in [-0.4, -0.2) is 63.3 Å². The van der Waals surface area contributed by atoms with Gasteiger partial charge in [0.15, 0.2) is 5.82 Å². The molecule has 0 atom stereocenters. The summed E-state index contributed by atoms with van der Waals surface area (Å²) < 4.78 is 0. The molecule has 1 saturated heterocycles. The molecule has 0 spiro atoms. The Hall–Kier alpha value is -3.20. The molecule has 1 aliphatic heterocycles. The molecule has 162 valence electrons. The SMILES string of the molecule is CN1CCCN(c2nc(NCc3ccccc3)nc(Nc3cc(C4CC4)[nH]n3)n2)CC1. The van der Waals surface area contributed by atoms with Crippen molar-refractivity contribution in [1.29, 1.82) is 0 Å². The van der Waals surface area contributed by atoms with Gasteiger partial charge in [0, 0.05) is 43.9 Å². The highest BCUT2D eigenvalue weighted by atomic mass is 15.3. The third-order valence-corrected chi connectivity index (χ3v) is 5.77. The average Bonchev–Trinajstić information content (AvgIpc) is 3.57. The molecule has 0 amide bonds. The van der Waals surface area contributed by atoms with E-state index in [0.717, 1.165) is 38.4 Å². The van der Waals surface area contributed by atoms with Gasteiger partial charge in [0.05, 0.1) is 0 Å². The molecule has 2 fully saturated rings. The van der Waals surface area contributed by atoms with Gasteiger partial charge in [0.1, 0.15) is 0 Å². The number of likely N-dealkylation sites (N-methyl/N-ethyl adjacent to an activating group) is 1. The van der Waals surface area contributed by atoms with Crippen LogP contribution < -0.4 is 15.5 Å². The van der Waals surface area contributed by atoms with E-state index in [2.05, 4.69) is 60.9 Å². The van der Waals surface area contributed by atoms with Crippen LogP contribution in [0.5, 0.6) is 0 Å². The lowest BCUT2D eigenvalue weighted by Crippen LogP contribution is -2.30. The topological polar surface area (TPSA) is 97.9 Å². The molecule has 31 heavy (non-hydrogen) atoms. The lowest BCUT2D eigenvalue weighted by Gasteiger charge is -2.21. The number of rotatable bonds is 7. The minimum absolute atomic E-state index is 0.506. The maximum Gasteiger partial charge on any atom is 0.235 e. The summed E-state index contributed by atoms with van der Waals surface area (Å²) in [5.74, 6) is 3.12. The Balaban J connectivity index is 1.37. The van der Waals surface area contributed by atoms with E-state index in [-0.39, 0.29) is 0 Å². The van der Waals surface area contributed by atoms with Crippen molar-refractivity contribution < 1.29 is 0 Å². The van der Waals surface area contributed by atoms with Crippen molar-refractivity contribution in [2.75, 3.05) is 48.8 Å². The van der Waals surface area contributed by atoms with Crippen LogP contribution in [0, 0.1) is 0 Å². The van der Waals surface area contributed by atoms with Crippen molar-refractivity contribution >= 4 is 23.7 Å². The van der Waals surface area contributed by atoms with Gasteiger partial charge < -0.3 is 20.4 Å². The maximum absolute atomic E-state index is 4.73. The summed E-state index contributed by atoms with van der Waals surface area (Å²) in [4.78, 5) is 18.7. The molecule has 1 saturated carbocycles. The Morgan fingerprint density at radius 2 is 1.84 bits per heavy atom. The lowest BCUT2D eigenvalue weighted by atomic mass is 10.2. The predicted octanol–water partition coefficient (Wildman–Crippen LogP) is 2.97. The summed E-state index contributed by atoms with van der Waals surface area (Å²) in [5.41, 5.74) is 2.35. The smallest absolute Gasteiger partial charge is 0.235 e. The molecule has 9 heteroatoms. The summed E-state index contributed by atoms with van der Waals surface area (Å²) in [5, 5.41) is 14.1. The number of anilines is 4. The first-order valence-corrected chi connectivity index (χ1v) is 11.0. The van der Waals surface area contributed by atoms with Crippen LogP contribution in [0.4, 0.5) is 23.7 Å². The normalized spacial score (nSPS) is 17.4. The molecule has 0 unspecified atom stereocenters. The molecule has 9 nitrogen and oxygen atoms in total. The van der Waals surface area contributed by atoms with Crippen LogP contribution in [0.3, 0.4) is 0 Å². The Bertz CT molecular complexity index is 999. The van der Waals surface area contributed by atoms with E-state index in [1.165, 1.54) is 24.1 Å². The molecule has 0 bridgehead atoms. The number of nitrogens with zero attached hydrogens (tertiary/aromatic N) is 6. The number of H-pyrrole nitrogens is 1. The molecular weight excluding hydrogens is 390 g/mol. The number of benzene rings is 1. The Labute approximate surface area is 182 Å². The molecule has 3 aromatic rings. The Morgan fingerprint density at radius 1 is 1.00 bits per heavy atom. The van der Waals surface area contributed by atoms with E-state index in [4.69, 9.17) is 9.97 Å². The van der Waals surface area contributed by atoms with E-state index >= 15 is 0 Å². The Morgan fingerprint density at radius 3 is 2.68 bits per heavy atom. The van der Waals surface area contributed by atoms with E-state index in [9.17, 15) is 0 Å². The fraction of sp³-hybridized carbons (Fsp3) is 0.455. The van der Waals surface area contributed by atoms with Crippen molar-refractivity contribution in [1.82, 2.24) is 30.0 Å². The summed E-state index contributed by atoms with van der Waals surface area (Å²) in [7, 11) is 2.16. The number of aromatic amines is 1. The summed E-state index contributed by atoms with van der Waals surface area (Å²) in [6.45, 7) is 4.56. The summed E-state index contributed by atoms with van der Waals surface area (Å²) in [6, 6.07) is 12.3. The minimum Gasteiger partial charge on any atom is -0.350 e. The van der Waals surface area contributed by atoms with Gasteiger partial charge in [-0.1, -0.05) is 30.3 Å². The van der Waals surface area contributed by atoms with Crippen molar-refractivity contribution in [3.05, 3.63) is 47.7 Å². The van der Waals surface area contributed by atoms with Gasteiger partial charge >= 0.3 is 0 Å². The van der Waals surface area contributed by atoms with E-state index in [1.807, 2.05) is 18.2 Å². The van der Waals surface area contributed by atoms with Crippen LogP contribution in [-0.2, 0) is 6.54 Å². The third kappa shape index (κ3) is 5.11. The monoisotopic (exact) mass is 419 g/mol. The van der Waals surface area contributed by atoms with Gasteiger partial charge in [0.25, 0.3) is 0 Å². The van der Waals surface area contributed by atoms with Crippen molar-refractivity contribution in [2.45, 2.75) is 31.7 Å². The lowest BCUT2D eigenvalue weighted by molar-refractivity contribution is 0.360. The second-order valence-electron chi connectivity index (χ2n) is 8.37. The molecule has 2 aliphatic rings. The first-order valence-electron chi connectivity index (χ1n) is 11.0. The Kier molecular flexibility index (Phi) is 5.66. The van der Waals surface area contributed by atoms with Crippen LogP contribution >= 0.6 is 0 Å². The van der Waals surface area contributed by atoms with Crippen LogP contribution in [0.2, 0.25) is 0 Å². The zero-order valence-electron chi connectivity index (χ0n) is 17.9. The zero-order chi connectivity index (χ0) is 21.0. The fourth-order valence-corrected chi connectivity index (χ4v) is 3.78. The maximum atomic E-state index is 4.73. The molecule has 1 aliphatic carbocycles. The van der Waals surface area contributed by atoms with E-state index in [1.54, 1.807) is 0 Å². The molecular formula is C22H29N9. The first-order chi connectivity index (χ1) is 15.2. The average molecular weight is 420 g/mol. The fourth-order valence-electron chi connectivity index (χ4n) is 3.78. The van der Waals surface area contributed by atoms with Crippen molar-refractivity contribution in [3.8, 4) is 0 Å². The van der Waals surface area contributed by atoms with Gasteiger partial charge in [0.2, 0.25) is 17.8 Å². The van der Waals surface area contributed by atoms with Gasteiger partial charge in [-0.2, -0.15) is 20.1 Å². The predicted molar refractivity (Wildman–Crippen MR) is 122 cm³/mol.